The lowest BCUT2D eigenvalue weighted by atomic mass is 10.2. The van der Waals surface area contributed by atoms with Crippen molar-refractivity contribution in [3.63, 3.8) is 0 Å². The predicted molar refractivity (Wildman–Crippen MR) is 91.7 cm³/mol. The number of carbonyl (C=O) groups is 2. The number of ether oxygens (including phenoxy) is 3. The SMILES string of the molecule is CC(=O)OC(OCCOS(=O)(=O)c1ccccc1C)C(=O)OC(C)(C)C. The smallest absolute Gasteiger partial charge is 0.376 e. The quantitative estimate of drug-likeness (QED) is 0.288. The van der Waals surface area contributed by atoms with Crippen molar-refractivity contribution in [1.82, 2.24) is 0 Å². The largest absolute Gasteiger partial charge is 0.455 e. The van der Waals surface area contributed by atoms with Gasteiger partial charge in [-0.3, -0.25) is 8.98 Å². The van der Waals surface area contributed by atoms with Crippen molar-refractivity contribution in [2.24, 2.45) is 0 Å². The first kappa shape index (κ1) is 22.1. The van der Waals surface area contributed by atoms with Gasteiger partial charge in [-0.15, -0.1) is 0 Å². The summed E-state index contributed by atoms with van der Waals surface area (Å²) in [6.07, 6.45) is -1.60. The minimum absolute atomic E-state index is 0.0451. The lowest BCUT2D eigenvalue weighted by molar-refractivity contribution is -0.208. The second-order valence-electron chi connectivity index (χ2n) is 6.39. The summed E-state index contributed by atoms with van der Waals surface area (Å²) in [5.41, 5.74) is -0.260. The first-order chi connectivity index (χ1) is 11.9. The Morgan fingerprint density at radius 1 is 1.12 bits per heavy atom. The second-order valence-corrected chi connectivity index (χ2v) is 7.97. The van der Waals surface area contributed by atoms with Gasteiger partial charge in [-0.25, -0.2) is 4.79 Å². The van der Waals surface area contributed by atoms with Crippen LogP contribution in [0.1, 0.15) is 33.3 Å². The summed E-state index contributed by atoms with van der Waals surface area (Å²) in [5.74, 6) is -1.64. The van der Waals surface area contributed by atoms with Gasteiger partial charge in [-0.05, 0) is 39.3 Å². The van der Waals surface area contributed by atoms with Crippen LogP contribution in [-0.4, -0.2) is 45.5 Å². The van der Waals surface area contributed by atoms with Crippen LogP contribution in [0.5, 0.6) is 0 Å². The van der Waals surface area contributed by atoms with Crippen molar-refractivity contribution in [2.45, 2.75) is 51.4 Å². The van der Waals surface area contributed by atoms with Crippen LogP contribution >= 0.6 is 0 Å². The van der Waals surface area contributed by atoms with Gasteiger partial charge in [0.05, 0.1) is 18.1 Å². The van der Waals surface area contributed by atoms with Crippen molar-refractivity contribution in [2.75, 3.05) is 13.2 Å². The maximum Gasteiger partial charge on any atom is 0.376 e. The Labute approximate surface area is 153 Å². The van der Waals surface area contributed by atoms with Gasteiger partial charge in [0.1, 0.15) is 5.60 Å². The first-order valence-electron chi connectivity index (χ1n) is 7.89. The van der Waals surface area contributed by atoms with E-state index in [4.69, 9.17) is 18.4 Å². The molecule has 1 atom stereocenters. The van der Waals surface area contributed by atoms with Crippen molar-refractivity contribution in [3.8, 4) is 0 Å². The molecule has 0 saturated heterocycles. The Kier molecular flexibility index (Phi) is 7.73. The number of esters is 2. The number of benzene rings is 1. The molecule has 0 aromatic heterocycles. The summed E-state index contributed by atoms with van der Waals surface area (Å²) < 4.78 is 44.1. The molecular formula is C17H24O8S. The molecule has 0 aliphatic heterocycles. The number of carbonyl (C=O) groups excluding carboxylic acids is 2. The molecule has 26 heavy (non-hydrogen) atoms. The molecule has 9 heteroatoms. The summed E-state index contributed by atoms with van der Waals surface area (Å²) in [6.45, 7) is 7.03. The highest BCUT2D eigenvalue weighted by atomic mass is 32.2. The number of hydrogen-bond donors (Lipinski definition) is 0. The number of rotatable bonds is 8. The molecule has 1 aromatic rings. The summed E-state index contributed by atoms with van der Waals surface area (Å²) in [6, 6.07) is 6.36. The van der Waals surface area contributed by atoms with Crippen LogP contribution in [0.3, 0.4) is 0 Å². The van der Waals surface area contributed by atoms with E-state index in [9.17, 15) is 18.0 Å². The average Bonchev–Trinajstić information content (AvgIpc) is 2.48. The van der Waals surface area contributed by atoms with E-state index in [1.165, 1.54) is 6.07 Å². The molecule has 0 saturated carbocycles. The molecule has 1 aromatic carbocycles. The maximum atomic E-state index is 12.1. The lowest BCUT2D eigenvalue weighted by Crippen LogP contribution is -2.37. The van der Waals surface area contributed by atoms with Crippen molar-refractivity contribution < 1.29 is 36.4 Å². The van der Waals surface area contributed by atoms with Crippen LogP contribution in [0, 0.1) is 6.92 Å². The minimum Gasteiger partial charge on any atom is -0.455 e. The molecule has 0 radical (unpaired) electrons. The van der Waals surface area contributed by atoms with Gasteiger partial charge in [0, 0.05) is 6.92 Å². The van der Waals surface area contributed by atoms with E-state index in [-0.39, 0.29) is 18.1 Å². The molecule has 0 bridgehead atoms. The molecule has 0 amide bonds. The van der Waals surface area contributed by atoms with E-state index in [1.54, 1.807) is 45.9 Å². The molecule has 146 valence electrons. The van der Waals surface area contributed by atoms with Gasteiger partial charge in [-0.1, -0.05) is 18.2 Å². The van der Waals surface area contributed by atoms with Gasteiger partial charge < -0.3 is 14.2 Å². The number of aryl methyl sites for hydroxylation is 1. The standard InChI is InChI=1S/C17H24O8S/c1-12-8-6-7-9-14(12)26(20,21)23-11-10-22-16(24-13(2)18)15(19)25-17(3,4)5/h6-9,16H,10-11H2,1-5H3. The van der Waals surface area contributed by atoms with E-state index in [2.05, 4.69) is 0 Å². The Morgan fingerprint density at radius 3 is 2.27 bits per heavy atom. The van der Waals surface area contributed by atoms with Gasteiger partial charge in [0.25, 0.3) is 10.1 Å². The van der Waals surface area contributed by atoms with E-state index in [0.717, 1.165) is 6.92 Å². The van der Waals surface area contributed by atoms with Crippen LogP contribution < -0.4 is 0 Å². The molecule has 8 nitrogen and oxygen atoms in total. The van der Waals surface area contributed by atoms with Crippen LogP contribution in [0.25, 0.3) is 0 Å². The zero-order valence-corrected chi connectivity index (χ0v) is 16.3. The van der Waals surface area contributed by atoms with Gasteiger partial charge in [0.2, 0.25) is 0 Å². The second kappa shape index (κ2) is 9.11. The minimum atomic E-state index is -3.96. The molecular weight excluding hydrogens is 364 g/mol. The fraction of sp³-hybridized carbons (Fsp3) is 0.529. The Bertz CT molecular complexity index is 733. The van der Waals surface area contributed by atoms with Gasteiger partial charge in [0.15, 0.2) is 0 Å². The van der Waals surface area contributed by atoms with Crippen LogP contribution in [-0.2, 0) is 38.1 Å². The van der Waals surface area contributed by atoms with Crippen molar-refractivity contribution in [1.29, 1.82) is 0 Å². The van der Waals surface area contributed by atoms with Gasteiger partial charge in [-0.2, -0.15) is 8.42 Å². The highest BCUT2D eigenvalue weighted by Crippen LogP contribution is 2.17. The predicted octanol–water partition coefficient (Wildman–Crippen LogP) is 1.95. The Morgan fingerprint density at radius 2 is 1.73 bits per heavy atom. The van der Waals surface area contributed by atoms with Crippen molar-refractivity contribution in [3.05, 3.63) is 29.8 Å². The Balaban J connectivity index is 2.63. The fourth-order valence-electron chi connectivity index (χ4n) is 1.85. The molecule has 1 rings (SSSR count). The summed E-state index contributed by atoms with van der Waals surface area (Å²) >= 11 is 0. The van der Waals surface area contributed by atoms with E-state index in [1.807, 2.05) is 0 Å². The average molecular weight is 388 g/mol. The zero-order valence-electron chi connectivity index (χ0n) is 15.5. The monoisotopic (exact) mass is 388 g/mol. The molecule has 1 unspecified atom stereocenters. The molecule has 0 fully saturated rings. The highest BCUT2D eigenvalue weighted by Gasteiger charge is 2.28. The van der Waals surface area contributed by atoms with Crippen molar-refractivity contribution >= 4 is 22.1 Å². The third-order valence-corrected chi connectivity index (χ3v) is 4.30. The molecule has 0 N–H and O–H groups in total. The van der Waals surface area contributed by atoms with E-state index < -0.39 is 33.9 Å². The molecule has 0 spiro atoms. The normalized spacial score (nSPS) is 13.1. The maximum absolute atomic E-state index is 12.1. The lowest BCUT2D eigenvalue weighted by Gasteiger charge is -2.23. The van der Waals surface area contributed by atoms with E-state index in [0.29, 0.717) is 5.56 Å². The molecule has 0 heterocycles. The molecule has 0 aliphatic rings. The third-order valence-electron chi connectivity index (χ3n) is 2.83. The fourth-order valence-corrected chi connectivity index (χ4v) is 2.97. The van der Waals surface area contributed by atoms with E-state index >= 15 is 0 Å². The zero-order chi connectivity index (χ0) is 20.0. The van der Waals surface area contributed by atoms with Crippen LogP contribution in [0.4, 0.5) is 0 Å². The Hall–Kier alpha value is -1.97. The topological polar surface area (TPSA) is 105 Å². The summed E-state index contributed by atoms with van der Waals surface area (Å²) in [4.78, 5) is 23.1. The summed E-state index contributed by atoms with van der Waals surface area (Å²) in [5, 5.41) is 0. The number of hydrogen-bond acceptors (Lipinski definition) is 8. The van der Waals surface area contributed by atoms with Crippen LogP contribution in [0.15, 0.2) is 29.2 Å². The summed E-state index contributed by atoms with van der Waals surface area (Å²) in [7, 11) is -3.96. The third kappa shape index (κ3) is 7.51. The van der Waals surface area contributed by atoms with Gasteiger partial charge >= 0.3 is 18.2 Å². The first-order valence-corrected chi connectivity index (χ1v) is 9.30. The molecule has 0 aliphatic carbocycles. The van der Waals surface area contributed by atoms with Crippen LogP contribution in [0.2, 0.25) is 0 Å². The highest BCUT2D eigenvalue weighted by molar-refractivity contribution is 7.86.